The van der Waals surface area contributed by atoms with Crippen molar-refractivity contribution in [1.82, 2.24) is 15.5 Å². The number of halogens is 3. The molecule has 0 saturated carbocycles. The summed E-state index contributed by atoms with van der Waals surface area (Å²) >= 11 is 0. The number of nitrogens with zero attached hydrogens (tertiary/aromatic N) is 3. The minimum Gasteiger partial charge on any atom is -0.407 e. The molecule has 1 heterocycles. The van der Waals surface area contributed by atoms with Gasteiger partial charge < -0.3 is 24.5 Å². The lowest BCUT2D eigenvalue weighted by molar-refractivity contribution is -0.120. The second-order valence-electron chi connectivity index (χ2n) is 3.91. The number of aromatic nitrogens is 2. The van der Waals surface area contributed by atoms with Crippen molar-refractivity contribution in [2.45, 2.75) is 12.7 Å². The van der Waals surface area contributed by atoms with Crippen molar-refractivity contribution in [3.8, 4) is 0 Å². The Morgan fingerprint density at radius 2 is 2.15 bits per heavy atom. The highest BCUT2D eigenvalue weighted by Gasteiger charge is 2.32. The number of methoxy groups -OCH3 is 1. The Labute approximate surface area is 113 Å². The summed E-state index contributed by atoms with van der Waals surface area (Å²) in [4.78, 5) is 0.783. The molecule has 1 aromatic heterocycles. The van der Waals surface area contributed by atoms with Gasteiger partial charge in [0.2, 0.25) is 5.89 Å². The van der Waals surface area contributed by atoms with Crippen LogP contribution in [0.15, 0.2) is 4.42 Å². The number of ether oxygens (including phenoxy) is 1. The third kappa shape index (κ3) is 6.17. The summed E-state index contributed by atoms with van der Waals surface area (Å²) in [5, 5.41) is 18.9. The standard InChI is InChI=1S/C10H17F3N4O3/c1-19-5-2-14-6-8-15-16-9(20-8)17(3-4-18)7-10(11,12)13/h14,18H,2-7H2,1H3. The molecule has 0 fully saturated rings. The Kier molecular flexibility index (Phi) is 6.68. The topological polar surface area (TPSA) is 83.7 Å². The van der Waals surface area contributed by atoms with Crippen molar-refractivity contribution >= 4 is 6.01 Å². The molecule has 20 heavy (non-hydrogen) atoms. The quantitative estimate of drug-likeness (QED) is 0.629. The summed E-state index contributed by atoms with van der Waals surface area (Å²) in [7, 11) is 1.55. The fourth-order valence-corrected chi connectivity index (χ4v) is 1.39. The molecule has 2 N–H and O–H groups in total. The van der Waals surface area contributed by atoms with Crippen molar-refractivity contribution in [2.75, 3.05) is 44.9 Å². The first-order chi connectivity index (χ1) is 9.46. The molecule has 0 spiro atoms. The minimum atomic E-state index is -4.42. The number of hydrogen-bond donors (Lipinski definition) is 2. The van der Waals surface area contributed by atoms with Gasteiger partial charge >= 0.3 is 12.2 Å². The SMILES string of the molecule is COCCNCc1nnc(N(CCO)CC(F)(F)F)o1. The van der Waals surface area contributed by atoms with E-state index in [1.165, 1.54) is 0 Å². The van der Waals surface area contributed by atoms with Gasteiger partial charge in [-0.2, -0.15) is 13.2 Å². The number of aliphatic hydroxyl groups is 1. The van der Waals surface area contributed by atoms with Crippen LogP contribution in [0, 0.1) is 0 Å². The molecule has 1 rings (SSSR count). The van der Waals surface area contributed by atoms with Crippen LogP contribution in [0.3, 0.4) is 0 Å². The van der Waals surface area contributed by atoms with Crippen molar-refractivity contribution in [3.05, 3.63) is 5.89 Å². The van der Waals surface area contributed by atoms with Gasteiger partial charge in [0.05, 0.1) is 19.8 Å². The number of alkyl halides is 3. The lowest BCUT2D eigenvalue weighted by atomic mass is 10.5. The van der Waals surface area contributed by atoms with E-state index >= 15 is 0 Å². The van der Waals surface area contributed by atoms with Crippen molar-refractivity contribution in [1.29, 1.82) is 0 Å². The summed E-state index contributed by atoms with van der Waals surface area (Å²) < 4.78 is 47.0. The Bertz CT molecular complexity index is 386. The zero-order valence-electron chi connectivity index (χ0n) is 11.0. The molecule has 0 aliphatic carbocycles. The van der Waals surface area contributed by atoms with E-state index in [1.54, 1.807) is 7.11 Å². The molecule has 0 bridgehead atoms. The van der Waals surface area contributed by atoms with Gasteiger partial charge in [-0.3, -0.25) is 0 Å². The van der Waals surface area contributed by atoms with Crippen LogP contribution in [-0.2, 0) is 11.3 Å². The van der Waals surface area contributed by atoms with Crippen molar-refractivity contribution in [2.24, 2.45) is 0 Å². The number of aliphatic hydroxyl groups excluding tert-OH is 1. The van der Waals surface area contributed by atoms with Crippen LogP contribution in [0.1, 0.15) is 5.89 Å². The third-order valence-electron chi connectivity index (χ3n) is 2.23. The van der Waals surface area contributed by atoms with Crippen LogP contribution in [0.4, 0.5) is 19.2 Å². The van der Waals surface area contributed by atoms with Gasteiger partial charge in [-0.15, -0.1) is 5.10 Å². The monoisotopic (exact) mass is 298 g/mol. The molecule has 116 valence electrons. The minimum absolute atomic E-state index is 0.168. The number of nitrogens with one attached hydrogen (secondary N) is 1. The average Bonchev–Trinajstić information content (AvgIpc) is 2.81. The summed E-state index contributed by atoms with van der Waals surface area (Å²) in [5.74, 6) is 0.168. The second kappa shape index (κ2) is 8.02. The van der Waals surface area contributed by atoms with Crippen LogP contribution in [0.2, 0.25) is 0 Å². The van der Waals surface area contributed by atoms with Gasteiger partial charge in [-0.05, 0) is 0 Å². The Morgan fingerprint density at radius 3 is 2.75 bits per heavy atom. The van der Waals surface area contributed by atoms with Crippen molar-refractivity contribution < 1.29 is 27.4 Å². The first-order valence-electron chi connectivity index (χ1n) is 5.91. The molecule has 0 saturated heterocycles. The molecule has 0 unspecified atom stereocenters. The van der Waals surface area contributed by atoms with Gasteiger partial charge in [0, 0.05) is 20.2 Å². The van der Waals surface area contributed by atoms with Crippen LogP contribution in [0.25, 0.3) is 0 Å². The first-order valence-corrected chi connectivity index (χ1v) is 5.91. The predicted octanol–water partition coefficient (Wildman–Crippen LogP) is 0.167. The molecular formula is C10H17F3N4O3. The maximum Gasteiger partial charge on any atom is 0.406 e. The maximum absolute atomic E-state index is 12.4. The van der Waals surface area contributed by atoms with E-state index in [9.17, 15) is 13.2 Å². The molecule has 0 atom stereocenters. The highest BCUT2D eigenvalue weighted by atomic mass is 19.4. The van der Waals surface area contributed by atoms with Crippen LogP contribution in [0.5, 0.6) is 0 Å². The smallest absolute Gasteiger partial charge is 0.406 e. The normalized spacial score (nSPS) is 11.8. The van der Waals surface area contributed by atoms with Crippen LogP contribution >= 0.6 is 0 Å². The van der Waals surface area contributed by atoms with Gasteiger partial charge in [0.1, 0.15) is 6.54 Å². The average molecular weight is 298 g/mol. The van der Waals surface area contributed by atoms with Crippen molar-refractivity contribution in [3.63, 3.8) is 0 Å². The Balaban J connectivity index is 2.57. The zero-order chi connectivity index (χ0) is 15.0. The highest BCUT2D eigenvalue weighted by Crippen LogP contribution is 2.20. The summed E-state index contributed by atoms with van der Waals surface area (Å²) in [6.07, 6.45) is -4.42. The molecule has 10 heteroatoms. The molecule has 0 aromatic carbocycles. The molecule has 1 aromatic rings. The fraction of sp³-hybridized carbons (Fsp3) is 0.800. The molecule has 7 nitrogen and oxygen atoms in total. The Morgan fingerprint density at radius 1 is 1.40 bits per heavy atom. The zero-order valence-corrected chi connectivity index (χ0v) is 11.0. The van der Waals surface area contributed by atoms with Gasteiger partial charge in [-0.25, -0.2) is 0 Å². The van der Waals surface area contributed by atoms with E-state index in [1.807, 2.05) is 0 Å². The molecule has 0 amide bonds. The van der Waals surface area contributed by atoms with Crippen LogP contribution < -0.4 is 10.2 Å². The highest BCUT2D eigenvalue weighted by molar-refractivity contribution is 5.24. The molecule has 0 radical (unpaired) electrons. The molecule has 0 aliphatic rings. The van der Waals surface area contributed by atoms with E-state index in [-0.39, 0.29) is 25.0 Å². The van der Waals surface area contributed by atoms with E-state index in [4.69, 9.17) is 14.3 Å². The summed E-state index contributed by atoms with van der Waals surface area (Å²) in [6, 6.07) is -0.264. The summed E-state index contributed by atoms with van der Waals surface area (Å²) in [6.45, 7) is -0.664. The van der Waals surface area contributed by atoms with E-state index in [2.05, 4.69) is 15.5 Å². The number of rotatable bonds is 9. The van der Waals surface area contributed by atoms with E-state index in [0.717, 1.165) is 4.90 Å². The fourth-order valence-electron chi connectivity index (χ4n) is 1.39. The van der Waals surface area contributed by atoms with Gasteiger partial charge in [-0.1, -0.05) is 5.10 Å². The Hall–Kier alpha value is -1.39. The first kappa shape index (κ1) is 16.7. The lowest BCUT2D eigenvalue weighted by Crippen LogP contribution is -2.36. The van der Waals surface area contributed by atoms with Gasteiger partial charge in [0.15, 0.2) is 0 Å². The third-order valence-corrected chi connectivity index (χ3v) is 2.23. The second-order valence-corrected chi connectivity index (χ2v) is 3.91. The summed E-state index contributed by atoms with van der Waals surface area (Å²) in [5.41, 5.74) is 0. The molecular weight excluding hydrogens is 281 g/mol. The predicted molar refractivity (Wildman–Crippen MR) is 63.2 cm³/mol. The largest absolute Gasteiger partial charge is 0.407 e. The number of anilines is 1. The van der Waals surface area contributed by atoms with E-state index < -0.39 is 19.3 Å². The van der Waals surface area contributed by atoms with Gasteiger partial charge in [0.25, 0.3) is 0 Å². The lowest BCUT2D eigenvalue weighted by Gasteiger charge is -2.20. The molecule has 0 aliphatic heterocycles. The number of hydrogen-bond acceptors (Lipinski definition) is 7. The maximum atomic E-state index is 12.4. The van der Waals surface area contributed by atoms with Crippen LogP contribution in [-0.4, -0.2) is 61.4 Å². The van der Waals surface area contributed by atoms with E-state index in [0.29, 0.717) is 13.2 Å².